The molecule has 1 aliphatic heterocycles. The van der Waals surface area contributed by atoms with Gasteiger partial charge in [-0.25, -0.2) is 9.38 Å². The molecule has 3 aromatic carbocycles. The lowest BCUT2D eigenvalue weighted by Gasteiger charge is -2.30. The van der Waals surface area contributed by atoms with Crippen molar-refractivity contribution in [2.24, 2.45) is 4.99 Å². The zero-order chi connectivity index (χ0) is 22.5. The average Bonchev–Trinajstić information content (AvgIpc) is 3.13. The van der Waals surface area contributed by atoms with Crippen molar-refractivity contribution >= 4 is 23.1 Å². The lowest BCUT2D eigenvalue weighted by atomic mass is 9.83. The Kier molecular flexibility index (Phi) is 4.62. The van der Waals surface area contributed by atoms with Crippen LogP contribution < -0.4 is 14.9 Å². The van der Waals surface area contributed by atoms with Crippen molar-refractivity contribution in [3.63, 3.8) is 0 Å². The van der Waals surface area contributed by atoms with Crippen LogP contribution in [0.5, 0.6) is 5.75 Å². The van der Waals surface area contributed by atoms with E-state index in [-0.39, 0.29) is 23.2 Å². The number of phenols is 1. The van der Waals surface area contributed by atoms with Crippen LogP contribution >= 0.6 is 11.3 Å². The maximum atomic E-state index is 13.7. The second kappa shape index (κ2) is 7.67. The van der Waals surface area contributed by atoms with Gasteiger partial charge in [-0.15, -0.1) is 0 Å². The summed E-state index contributed by atoms with van der Waals surface area (Å²) in [6, 6.07) is 21.1. The van der Waals surface area contributed by atoms with Crippen LogP contribution in [0, 0.1) is 5.82 Å². The Balaban J connectivity index is 1.63. The summed E-state index contributed by atoms with van der Waals surface area (Å²) in [6.07, 6.45) is 3.44. The Labute approximate surface area is 192 Å². The highest BCUT2D eigenvalue weighted by molar-refractivity contribution is 7.07. The quantitative estimate of drug-likeness (QED) is 0.495. The molecule has 0 radical (unpaired) electrons. The number of aromatic hydroxyl groups is 1. The number of hydrogen-bond donors (Lipinski definition) is 1. The minimum atomic E-state index is -0.337. The Bertz CT molecular complexity index is 1610. The minimum absolute atomic E-state index is 0.137. The molecule has 162 valence electrons. The summed E-state index contributed by atoms with van der Waals surface area (Å²) >= 11 is 1.33. The van der Waals surface area contributed by atoms with Crippen LogP contribution in [0.2, 0.25) is 0 Å². The molecule has 33 heavy (non-hydrogen) atoms. The molecular formula is C27H19FN2O2S. The number of phenolic OH excluding ortho intramolecular Hbond substituents is 1. The normalized spacial score (nSPS) is 17.2. The lowest BCUT2D eigenvalue weighted by molar-refractivity contribution is 0.475. The summed E-state index contributed by atoms with van der Waals surface area (Å²) in [6.45, 7) is 0. The van der Waals surface area contributed by atoms with Gasteiger partial charge in [0.2, 0.25) is 0 Å². The first-order valence-electron chi connectivity index (χ1n) is 10.8. The molecule has 0 saturated heterocycles. The van der Waals surface area contributed by atoms with Gasteiger partial charge in [-0.05, 0) is 65.4 Å². The number of thiazole rings is 1. The molecule has 4 nitrogen and oxygen atoms in total. The predicted octanol–water partition coefficient (Wildman–Crippen LogP) is 4.16. The van der Waals surface area contributed by atoms with Crippen LogP contribution in [0.4, 0.5) is 4.39 Å². The maximum Gasteiger partial charge on any atom is 0.271 e. The third-order valence-corrected chi connectivity index (χ3v) is 7.21. The number of nitrogens with zero attached hydrogens (tertiary/aromatic N) is 2. The van der Waals surface area contributed by atoms with Crippen LogP contribution in [0.3, 0.4) is 0 Å². The number of allylic oxidation sites excluding steroid dienone is 1. The van der Waals surface area contributed by atoms with Gasteiger partial charge in [-0.2, -0.15) is 0 Å². The second-order valence-electron chi connectivity index (χ2n) is 8.26. The molecule has 1 atom stereocenters. The van der Waals surface area contributed by atoms with E-state index < -0.39 is 0 Å². The van der Waals surface area contributed by atoms with E-state index in [0.717, 1.165) is 40.8 Å². The second-order valence-corrected chi connectivity index (χ2v) is 9.27. The Morgan fingerprint density at radius 2 is 1.85 bits per heavy atom. The minimum Gasteiger partial charge on any atom is -0.508 e. The van der Waals surface area contributed by atoms with E-state index in [4.69, 9.17) is 4.99 Å². The summed E-state index contributed by atoms with van der Waals surface area (Å²) in [5.41, 5.74) is 5.80. The Hall–Kier alpha value is -3.77. The molecule has 0 bridgehead atoms. The van der Waals surface area contributed by atoms with Gasteiger partial charge < -0.3 is 5.11 Å². The highest BCUT2D eigenvalue weighted by Gasteiger charge is 2.32. The van der Waals surface area contributed by atoms with Crippen molar-refractivity contribution < 1.29 is 9.50 Å². The van der Waals surface area contributed by atoms with E-state index >= 15 is 0 Å². The van der Waals surface area contributed by atoms with Crippen molar-refractivity contribution in [2.75, 3.05) is 0 Å². The summed E-state index contributed by atoms with van der Waals surface area (Å²) in [5.74, 6) is -0.161. The number of halogens is 1. The Morgan fingerprint density at radius 3 is 2.67 bits per heavy atom. The van der Waals surface area contributed by atoms with Gasteiger partial charge in [0.25, 0.3) is 5.56 Å². The van der Waals surface area contributed by atoms with Crippen molar-refractivity contribution in [1.82, 2.24) is 4.57 Å². The van der Waals surface area contributed by atoms with Crippen LogP contribution in [-0.4, -0.2) is 9.67 Å². The maximum absolute atomic E-state index is 13.7. The van der Waals surface area contributed by atoms with Crippen molar-refractivity contribution in [3.8, 4) is 5.75 Å². The van der Waals surface area contributed by atoms with Gasteiger partial charge in [0, 0.05) is 5.56 Å². The molecule has 0 spiro atoms. The number of benzene rings is 3. The molecule has 4 aromatic rings. The highest BCUT2D eigenvalue weighted by Crippen LogP contribution is 2.41. The average molecular weight is 455 g/mol. The van der Waals surface area contributed by atoms with Crippen molar-refractivity contribution in [3.05, 3.63) is 126 Å². The summed E-state index contributed by atoms with van der Waals surface area (Å²) in [5, 5.41) is 9.81. The van der Waals surface area contributed by atoms with Crippen LogP contribution in [0.15, 0.2) is 88.2 Å². The smallest absolute Gasteiger partial charge is 0.271 e. The number of rotatable bonds is 2. The molecule has 2 heterocycles. The predicted molar refractivity (Wildman–Crippen MR) is 127 cm³/mol. The third kappa shape index (κ3) is 3.34. The number of hydrogen-bond acceptors (Lipinski definition) is 4. The lowest BCUT2D eigenvalue weighted by Crippen LogP contribution is -2.38. The van der Waals surface area contributed by atoms with Gasteiger partial charge in [0.05, 0.1) is 16.3 Å². The molecular weight excluding hydrogens is 435 g/mol. The van der Waals surface area contributed by atoms with E-state index in [2.05, 4.69) is 12.1 Å². The van der Waals surface area contributed by atoms with Gasteiger partial charge in [0.1, 0.15) is 11.6 Å². The fraction of sp³-hybridized carbons (Fsp3) is 0.111. The number of fused-ring (bicyclic) bond motifs is 3. The SMILES string of the molecule is O=c1/c(=C\c2cccc(O)c2)sc2n1[C@H](c1ccc(F)cc1)C1=C(N=2)c2ccccc2CC1. The molecule has 0 fully saturated rings. The molecule has 1 aromatic heterocycles. The van der Waals surface area contributed by atoms with Gasteiger partial charge in [0.15, 0.2) is 4.80 Å². The molecule has 6 rings (SSSR count). The molecule has 1 N–H and O–H groups in total. The summed E-state index contributed by atoms with van der Waals surface area (Å²) in [4.78, 5) is 19.2. The van der Waals surface area contributed by atoms with Crippen molar-refractivity contribution in [2.45, 2.75) is 18.9 Å². The van der Waals surface area contributed by atoms with Crippen LogP contribution in [0.1, 0.15) is 34.7 Å². The van der Waals surface area contributed by atoms with Gasteiger partial charge in [-0.1, -0.05) is 59.9 Å². The van der Waals surface area contributed by atoms with Crippen LogP contribution in [-0.2, 0) is 6.42 Å². The molecule has 2 aliphatic rings. The summed E-state index contributed by atoms with van der Waals surface area (Å²) in [7, 11) is 0. The number of aryl methyl sites for hydroxylation is 1. The number of aromatic nitrogens is 1. The highest BCUT2D eigenvalue weighted by atomic mass is 32.1. The molecule has 0 saturated carbocycles. The largest absolute Gasteiger partial charge is 0.508 e. The topological polar surface area (TPSA) is 54.6 Å². The van der Waals surface area contributed by atoms with Gasteiger partial charge in [-0.3, -0.25) is 9.36 Å². The first-order valence-corrected chi connectivity index (χ1v) is 11.6. The third-order valence-electron chi connectivity index (χ3n) is 6.23. The van der Waals surface area contributed by atoms with E-state index in [1.165, 1.54) is 29.0 Å². The molecule has 0 amide bonds. The fourth-order valence-corrected chi connectivity index (χ4v) is 5.73. The zero-order valence-electron chi connectivity index (χ0n) is 17.5. The molecule has 0 unspecified atom stereocenters. The van der Waals surface area contributed by atoms with Crippen molar-refractivity contribution in [1.29, 1.82) is 0 Å². The van der Waals surface area contributed by atoms with Crippen LogP contribution in [0.25, 0.3) is 11.8 Å². The molecule has 6 heteroatoms. The zero-order valence-corrected chi connectivity index (χ0v) is 18.3. The van der Waals surface area contributed by atoms with Gasteiger partial charge >= 0.3 is 0 Å². The van der Waals surface area contributed by atoms with E-state index in [1.54, 1.807) is 41.0 Å². The monoisotopic (exact) mass is 454 g/mol. The molecule has 1 aliphatic carbocycles. The fourth-order valence-electron chi connectivity index (χ4n) is 4.73. The standard InChI is InChI=1S/C27H19FN2O2S/c28-19-11-8-18(9-12-19)25-22-13-10-17-5-1-2-7-21(17)24(22)29-27-30(25)26(32)23(33-27)15-16-4-3-6-20(31)14-16/h1-9,11-12,14-15,25,31H,10,13H2/b23-15+/t25-/m1/s1. The first kappa shape index (κ1) is 19.9. The van der Waals surface area contributed by atoms with E-state index in [0.29, 0.717) is 9.33 Å². The first-order chi connectivity index (χ1) is 16.1. The Morgan fingerprint density at radius 1 is 1.03 bits per heavy atom. The van der Waals surface area contributed by atoms with E-state index in [9.17, 15) is 14.3 Å². The summed E-state index contributed by atoms with van der Waals surface area (Å²) < 4.78 is 16.0. The van der Waals surface area contributed by atoms with E-state index in [1.807, 2.05) is 18.2 Å².